The van der Waals surface area contributed by atoms with E-state index in [1.165, 1.54) is 0 Å². The third-order valence-corrected chi connectivity index (χ3v) is 3.43. The molecule has 0 aromatic heterocycles. The second-order valence-corrected chi connectivity index (χ2v) is 5.81. The highest BCUT2D eigenvalue weighted by Gasteiger charge is 2.23. The summed E-state index contributed by atoms with van der Waals surface area (Å²) in [5, 5.41) is 17.9. The number of nitrogens with two attached hydrogens (primary N) is 1. The van der Waals surface area contributed by atoms with Gasteiger partial charge in [0.25, 0.3) is 0 Å². The van der Waals surface area contributed by atoms with Crippen molar-refractivity contribution < 1.29 is 10.0 Å². The van der Waals surface area contributed by atoms with Gasteiger partial charge >= 0.3 is 0 Å². The molecule has 0 aromatic rings. The zero-order valence-electron chi connectivity index (χ0n) is 11.9. The van der Waals surface area contributed by atoms with Gasteiger partial charge in [-0.1, -0.05) is 19.0 Å². The molecule has 0 unspecified atom stereocenters. The Balaban J connectivity index is 1.99. The van der Waals surface area contributed by atoms with Crippen molar-refractivity contribution in [2.24, 2.45) is 16.3 Å². The fraction of sp³-hybridized carbons (Fsp3) is 0.846. The normalized spacial score (nSPS) is 16.4. The summed E-state index contributed by atoms with van der Waals surface area (Å²) >= 11 is 0. The smallest absolute Gasteiger partial charge is 0.220 e. The molecule has 6 nitrogen and oxygen atoms in total. The predicted octanol–water partition coefficient (Wildman–Crippen LogP) is 0.798. The van der Waals surface area contributed by atoms with E-state index in [0.29, 0.717) is 12.5 Å². The molecule has 6 heteroatoms. The van der Waals surface area contributed by atoms with E-state index in [2.05, 4.69) is 15.8 Å². The zero-order valence-corrected chi connectivity index (χ0v) is 11.9. The molecule has 1 amide bonds. The summed E-state index contributed by atoms with van der Waals surface area (Å²) in [4.78, 5) is 11.4. The summed E-state index contributed by atoms with van der Waals surface area (Å²) in [5.74, 6) is 0.402. The molecular formula is C13H26N4O2. The van der Waals surface area contributed by atoms with Crippen LogP contribution in [0.15, 0.2) is 5.16 Å². The molecule has 0 atom stereocenters. The molecule has 5 N–H and O–H groups in total. The number of hydrogen-bond acceptors (Lipinski definition) is 4. The van der Waals surface area contributed by atoms with Crippen LogP contribution in [0.4, 0.5) is 0 Å². The van der Waals surface area contributed by atoms with Gasteiger partial charge in [-0.25, -0.2) is 0 Å². The fourth-order valence-electron chi connectivity index (χ4n) is 1.69. The minimum atomic E-state index is -0.314. The Hall–Kier alpha value is -1.30. The van der Waals surface area contributed by atoms with Gasteiger partial charge in [-0.2, -0.15) is 0 Å². The molecule has 0 aliphatic heterocycles. The van der Waals surface area contributed by atoms with Crippen molar-refractivity contribution in [3.63, 3.8) is 0 Å². The van der Waals surface area contributed by atoms with Gasteiger partial charge in [-0.15, -0.1) is 0 Å². The topological polar surface area (TPSA) is 99.7 Å². The molecule has 0 radical (unpaired) electrons. The van der Waals surface area contributed by atoms with Crippen LogP contribution in [0.1, 0.15) is 46.0 Å². The van der Waals surface area contributed by atoms with Gasteiger partial charge in [-0.3, -0.25) is 4.79 Å². The number of oxime groups is 1. The van der Waals surface area contributed by atoms with Gasteiger partial charge in [0.15, 0.2) is 0 Å². The number of amidine groups is 1. The maximum absolute atomic E-state index is 11.4. The van der Waals surface area contributed by atoms with Crippen LogP contribution in [0, 0.1) is 5.41 Å². The van der Waals surface area contributed by atoms with Crippen molar-refractivity contribution in [3.8, 4) is 0 Å². The van der Waals surface area contributed by atoms with Crippen LogP contribution in [-0.4, -0.2) is 36.1 Å². The first-order valence-electron chi connectivity index (χ1n) is 6.94. The number of nitrogens with one attached hydrogen (secondary N) is 2. The van der Waals surface area contributed by atoms with E-state index in [4.69, 9.17) is 10.9 Å². The van der Waals surface area contributed by atoms with Crippen LogP contribution in [-0.2, 0) is 4.79 Å². The van der Waals surface area contributed by atoms with E-state index in [1.807, 2.05) is 13.8 Å². The number of rotatable bonds is 9. The Morgan fingerprint density at radius 3 is 2.68 bits per heavy atom. The molecule has 0 spiro atoms. The zero-order chi connectivity index (χ0) is 14.3. The second kappa shape index (κ2) is 7.33. The van der Waals surface area contributed by atoms with Crippen LogP contribution in [0.25, 0.3) is 0 Å². The van der Waals surface area contributed by atoms with Crippen molar-refractivity contribution in [2.75, 3.05) is 13.1 Å². The van der Waals surface area contributed by atoms with Crippen molar-refractivity contribution in [3.05, 3.63) is 0 Å². The number of amides is 1. The largest absolute Gasteiger partial charge is 0.409 e. The van der Waals surface area contributed by atoms with Gasteiger partial charge in [0.05, 0.1) is 0 Å². The highest BCUT2D eigenvalue weighted by atomic mass is 16.4. The van der Waals surface area contributed by atoms with Crippen LogP contribution < -0.4 is 16.4 Å². The SMILES string of the molecule is CC(C)(CCNCCCC(=O)NC1CC1)C(N)=NO. The van der Waals surface area contributed by atoms with Gasteiger partial charge < -0.3 is 21.6 Å². The van der Waals surface area contributed by atoms with Crippen molar-refractivity contribution >= 4 is 11.7 Å². The van der Waals surface area contributed by atoms with Gasteiger partial charge in [-0.05, 0) is 38.8 Å². The Morgan fingerprint density at radius 1 is 1.42 bits per heavy atom. The first-order valence-corrected chi connectivity index (χ1v) is 6.94. The Kier molecular flexibility index (Phi) is 6.08. The van der Waals surface area contributed by atoms with Crippen molar-refractivity contribution in [1.29, 1.82) is 0 Å². The third kappa shape index (κ3) is 6.42. The molecule has 0 saturated heterocycles. The molecule has 0 bridgehead atoms. The lowest BCUT2D eigenvalue weighted by Crippen LogP contribution is -2.35. The van der Waals surface area contributed by atoms with Crippen LogP contribution in [0.2, 0.25) is 0 Å². The summed E-state index contributed by atoms with van der Waals surface area (Å²) in [5.41, 5.74) is 5.29. The van der Waals surface area contributed by atoms with Crippen LogP contribution in [0.3, 0.4) is 0 Å². The number of nitrogens with zero attached hydrogens (tertiary/aromatic N) is 1. The highest BCUT2D eigenvalue weighted by molar-refractivity contribution is 5.85. The maximum Gasteiger partial charge on any atom is 0.220 e. The lowest BCUT2D eigenvalue weighted by Gasteiger charge is -2.22. The second-order valence-electron chi connectivity index (χ2n) is 5.81. The Labute approximate surface area is 114 Å². The van der Waals surface area contributed by atoms with Crippen LogP contribution in [0.5, 0.6) is 0 Å². The first-order chi connectivity index (χ1) is 8.95. The Morgan fingerprint density at radius 2 is 2.11 bits per heavy atom. The minimum Gasteiger partial charge on any atom is -0.409 e. The Bertz CT molecular complexity index is 325. The third-order valence-electron chi connectivity index (χ3n) is 3.43. The first kappa shape index (κ1) is 15.8. The lowest BCUT2D eigenvalue weighted by molar-refractivity contribution is -0.121. The van der Waals surface area contributed by atoms with Crippen molar-refractivity contribution in [2.45, 2.75) is 52.0 Å². The van der Waals surface area contributed by atoms with Crippen LogP contribution >= 0.6 is 0 Å². The van der Waals surface area contributed by atoms with Gasteiger partial charge in [0.2, 0.25) is 5.91 Å². The summed E-state index contributed by atoms with van der Waals surface area (Å²) in [6.45, 7) is 5.47. The minimum absolute atomic E-state index is 0.154. The molecule has 1 saturated carbocycles. The average molecular weight is 270 g/mol. The van der Waals surface area contributed by atoms with E-state index < -0.39 is 0 Å². The van der Waals surface area contributed by atoms with E-state index in [9.17, 15) is 4.79 Å². The van der Waals surface area contributed by atoms with Crippen molar-refractivity contribution in [1.82, 2.24) is 10.6 Å². The standard InChI is InChI=1S/C13H26N4O2/c1-13(2,12(14)17-19)7-9-15-8-3-4-11(18)16-10-5-6-10/h10,15,19H,3-9H2,1-2H3,(H2,14,17)(H,16,18). The predicted molar refractivity (Wildman–Crippen MR) is 75.1 cm³/mol. The molecule has 19 heavy (non-hydrogen) atoms. The van der Waals surface area contributed by atoms with E-state index >= 15 is 0 Å². The summed E-state index contributed by atoms with van der Waals surface area (Å²) in [7, 11) is 0. The molecule has 110 valence electrons. The summed E-state index contributed by atoms with van der Waals surface area (Å²) < 4.78 is 0. The molecule has 1 aliphatic rings. The molecule has 0 aromatic carbocycles. The quantitative estimate of drug-likeness (QED) is 0.164. The lowest BCUT2D eigenvalue weighted by atomic mass is 9.88. The molecule has 1 aliphatic carbocycles. The monoisotopic (exact) mass is 270 g/mol. The van der Waals surface area contributed by atoms with Gasteiger partial charge in [0, 0.05) is 17.9 Å². The van der Waals surface area contributed by atoms with E-state index in [0.717, 1.165) is 38.8 Å². The number of carbonyl (C=O) groups is 1. The average Bonchev–Trinajstić information content (AvgIpc) is 3.16. The van der Waals surface area contributed by atoms with E-state index in [1.54, 1.807) is 0 Å². The molecule has 1 fully saturated rings. The molecule has 1 rings (SSSR count). The van der Waals surface area contributed by atoms with E-state index in [-0.39, 0.29) is 17.2 Å². The number of carbonyl (C=O) groups excluding carboxylic acids is 1. The number of hydrogen-bond donors (Lipinski definition) is 4. The molecular weight excluding hydrogens is 244 g/mol. The maximum atomic E-state index is 11.4. The summed E-state index contributed by atoms with van der Waals surface area (Å²) in [6.07, 6.45) is 4.46. The highest BCUT2D eigenvalue weighted by Crippen LogP contribution is 2.19. The summed E-state index contributed by atoms with van der Waals surface area (Å²) in [6, 6.07) is 0.446. The fourth-order valence-corrected chi connectivity index (χ4v) is 1.69. The molecule has 0 heterocycles. The van der Waals surface area contributed by atoms with Gasteiger partial charge in [0.1, 0.15) is 5.84 Å².